The van der Waals surface area contributed by atoms with Gasteiger partial charge < -0.3 is 19.3 Å². The molecule has 4 aromatic rings. The summed E-state index contributed by atoms with van der Waals surface area (Å²) in [5.41, 5.74) is 0.904. The van der Waals surface area contributed by atoms with Gasteiger partial charge in [0.15, 0.2) is 0 Å². The third kappa shape index (κ3) is 7.56. The number of aryl methyl sites for hydroxylation is 1. The molecular weight excluding hydrogens is 596 g/mol. The Morgan fingerprint density at radius 1 is 0.825 bits per heavy atom. The highest BCUT2D eigenvalue weighted by molar-refractivity contribution is 9.10. The molecule has 0 saturated carbocycles. The lowest BCUT2D eigenvalue weighted by Gasteiger charge is -2.17. The van der Waals surface area contributed by atoms with Crippen molar-refractivity contribution in [1.29, 1.82) is 0 Å². The van der Waals surface area contributed by atoms with E-state index < -0.39 is 25.1 Å². The lowest BCUT2D eigenvalue weighted by Crippen LogP contribution is -2.21. The number of aliphatic hydroxyl groups excluding tert-OH is 1. The molecule has 0 unspecified atom stereocenters. The fourth-order valence-electron chi connectivity index (χ4n) is 3.63. The second kappa shape index (κ2) is 12.8. The van der Waals surface area contributed by atoms with Crippen molar-refractivity contribution in [3.8, 4) is 23.3 Å². The minimum atomic E-state index is -3.34. The predicted octanol–water partition coefficient (Wildman–Crippen LogP) is 7.57. The molecular formula is C29H25BrF4N2O4. The predicted molar refractivity (Wildman–Crippen MR) is 143 cm³/mol. The quantitative estimate of drug-likeness (QED) is 0.130. The summed E-state index contributed by atoms with van der Waals surface area (Å²) in [7, 11) is 0. The molecule has 2 aromatic heterocycles. The molecule has 6 nitrogen and oxygen atoms in total. The minimum Gasteiger partial charge on any atom is -0.439 e. The van der Waals surface area contributed by atoms with Crippen molar-refractivity contribution in [1.82, 2.24) is 9.97 Å². The Morgan fingerprint density at radius 2 is 1.43 bits per heavy atom. The first-order valence-electron chi connectivity index (χ1n) is 12.1. The van der Waals surface area contributed by atoms with Crippen LogP contribution in [0.25, 0.3) is 0 Å². The Labute approximate surface area is 236 Å². The van der Waals surface area contributed by atoms with Crippen molar-refractivity contribution in [2.75, 3.05) is 19.8 Å². The van der Waals surface area contributed by atoms with E-state index in [1.807, 2.05) is 0 Å². The van der Waals surface area contributed by atoms with Gasteiger partial charge in [-0.25, -0.2) is 9.97 Å². The first-order chi connectivity index (χ1) is 19.1. The van der Waals surface area contributed by atoms with Crippen LogP contribution in [0.5, 0.6) is 23.3 Å². The van der Waals surface area contributed by atoms with Gasteiger partial charge in [0.1, 0.15) is 24.7 Å². The molecule has 0 aliphatic rings. The van der Waals surface area contributed by atoms with E-state index >= 15 is 0 Å². The molecule has 0 atom stereocenters. The fourth-order valence-corrected chi connectivity index (χ4v) is 3.97. The van der Waals surface area contributed by atoms with Crippen molar-refractivity contribution in [2.24, 2.45) is 0 Å². The summed E-state index contributed by atoms with van der Waals surface area (Å²) in [4.78, 5) is 8.33. The van der Waals surface area contributed by atoms with Crippen LogP contribution in [0.2, 0.25) is 0 Å². The van der Waals surface area contributed by atoms with Gasteiger partial charge in [0, 0.05) is 29.1 Å². The number of hydrogen-bond donors (Lipinski definition) is 1. The Bertz CT molecular complexity index is 1420. The first-order valence-corrected chi connectivity index (χ1v) is 12.9. The summed E-state index contributed by atoms with van der Waals surface area (Å²) in [5, 5.41) is 8.80. The van der Waals surface area contributed by atoms with Crippen LogP contribution in [0.4, 0.5) is 17.6 Å². The third-order valence-electron chi connectivity index (χ3n) is 5.81. The minimum absolute atomic E-state index is 0.0480. The Kier molecular flexibility index (Phi) is 9.39. The number of aromatic nitrogens is 2. The van der Waals surface area contributed by atoms with Crippen molar-refractivity contribution in [2.45, 2.75) is 25.2 Å². The Balaban J connectivity index is 1.26. The van der Waals surface area contributed by atoms with E-state index in [-0.39, 0.29) is 23.6 Å². The first kappa shape index (κ1) is 29.4. The molecule has 0 saturated heterocycles. The molecule has 40 heavy (non-hydrogen) atoms. The maximum absolute atomic E-state index is 14.7. The summed E-state index contributed by atoms with van der Waals surface area (Å²) in [6.07, 6.45) is 3.45. The van der Waals surface area contributed by atoms with Gasteiger partial charge in [0.2, 0.25) is 11.8 Å². The summed E-state index contributed by atoms with van der Waals surface area (Å²) < 4.78 is 73.7. The second-order valence-corrected chi connectivity index (χ2v) is 9.73. The third-order valence-corrected chi connectivity index (χ3v) is 6.41. The molecule has 0 fully saturated rings. The maximum atomic E-state index is 14.7. The molecule has 0 radical (unpaired) electrons. The monoisotopic (exact) mass is 620 g/mol. The van der Waals surface area contributed by atoms with E-state index in [1.165, 1.54) is 54.7 Å². The van der Waals surface area contributed by atoms with Crippen LogP contribution in [0.1, 0.15) is 22.3 Å². The topological polar surface area (TPSA) is 73.7 Å². The van der Waals surface area contributed by atoms with Crippen LogP contribution >= 0.6 is 15.9 Å². The van der Waals surface area contributed by atoms with Gasteiger partial charge in [-0.05, 0) is 102 Å². The van der Waals surface area contributed by atoms with Crippen LogP contribution in [0.3, 0.4) is 0 Å². The number of benzene rings is 2. The van der Waals surface area contributed by atoms with Gasteiger partial charge in [-0.3, -0.25) is 0 Å². The van der Waals surface area contributed by atoms with Crippen LogP contribution in [-0.2, 0) is 23.0 Å². The van der Waals surface area contributed by atoms with E-state index in [1.54, 1.807) is 31.3 Å². The summed E-state index contributed by atoms with van der Waals surface area (Å²) in [5.74, 6) is -5.26. The average Bonchev–Trinajstić information content (AvgIpc) is 2.94. The van der Waals surface area contributed by atoms with E-state index in [4.69, 9.17) is 19.3 Å². The smallest absolute Gasteiger partial charge is 0.296 e. The molecule has 210 valence electrons. The second-order valence-electron chi connectivity index (χ2n) is 8.88. The molecule has 0 aliphatic heterocycles. The zero-order valence-corrected chi connectivity index (χ0v) is 22.9. The molecule has 0 amide bonds. The van der Waals surface area contributed by atoms with Gasteiger partial charge in [-0.1, -0.05) is 0 Å². The number of nitrogens with zero attached hydrogens (tertiary/aromatic N) is 2. The lowest BCUT2D eigenvalue weighted by atomic mass is 10.1. The zero-order valence-electron chi connectivity index (χ0n) is 21.3. The number of hydrogen-bond acceptors (Lipinski definition) is 6. The number of halogens is 5. The van der Waals surface area contributed by atoms with Crippen molar-refractivity contribution in [3.05, 3.63) is 106 Å². The standard InChI is InChI=1S/C29H25BrF4N2O4/c1-19-15-20(16-36-26(19)39-23-8-4-21(5-9-23)28(31,32)17-37)12-14-38-18-29(33,34)22-6-10-24(11-7-22)40-27-25(30)3-2-13-35-27/h2-11,13,15-16,37H,12,14,17-18H2,1H3. The van der Waals surface area contributed by atoms with E-state index in [2.05, 4.69) is 25.9 Å². The summed E-state index contributed by atoms with van der Waals surface area (Å²) >= 11 is 3.32. The van der Waals surface area contributed by atoms with Crippen LogP contribution < -0.4 is 9.47 Å². The lowest BCUT2D eigenvalue weighted by molar-refractivity contribution is -0.0820. The van der Waals surface area contributed by atoms with E-state index in [9.17, 15) is 17.6 Å². The Morgan fingerprint density at radius 3 is 2.00 bits per heavy atom. The highest BCUT2D eigenvalue weighted by atomic mass is 79.9. The number of alkyl halides is 4. The van der Waals surface area contributed by atoms with Gasteiger partial charge in [-0.2, -0.15) is 17.6 Å². The maximum Gasteiger partial charge on any atom is 0.296 e. The van der Waals surface area contributed by atoms with E-state index in [0.29, 0.717) is 33.8 Å². The van der Waals surface area contributed by atoms with Gasteiger partial charge in [0.25, 0.3) is 11.8 Å². The number of aliphatic hydroxyl groups is 1. The average molecular weight is 621 g/mol. The zero-order chi connectivity index (χ0) is 28.8. The van der Waals surface area contributed by atoms with Crippen LogP contribution in [-0.4, -0.2) is 34.9 Å². The molecule has 1 N–H and O–H groups in total. The number of rotatable bonds is 12. The normalized spacial score (nSPS) is 11.9. The highest BCUT2D eigenvalue weighted by Crippen LogP contribution is 2.33. The number of ether oxygens (including phenoxy) is 3. The van der Waals surface area contributed by atoms with Crippen molar-refractivity contribution < 1.29 is 36.9 Å². The summed E-state index contributed by atoms with van der Waals surface area (Å²) in [6.45, 7) is -0.274. The molecule has 0 bridgehead atoms. The van der Waals surface area contributed by atoms with E-state index in [0.717, 1.165) is 5.56 Å². The molecule has 0 aliphatic carbocycles. The molecule has 2 heterocycles. The van der Waals surface area contributed by atoms with Crippen LogP contribution in [0.15, 0.2) is 83.6 Å². The molecule has 2 aromatic carbocycles. The largest absolute Gasteiger partial charge is 0.439 e. The summed E-state index contributed by atoms with van der Waals surface area (Å²) in [6, 6.07) is 15.8. The van der Waals surface area contributed by atoms with Gasteiger partial charge in [-0.15, -0.1) is 0 Å². The molecule has 11 heteroatoms. The van der Waals surface area contributed by atoms with Gasteiger partial charge in [0.05, 0.1) is 11.1 Å². The number of pyridine rings is 2. The van der Waals surface area contributed by atoms with Gasteiger partial charge >= 0.3 is 0 Å². The highest BCUT2D eigenvalue weighted by Gasteiger charge is 2.32. The molecule has 4 rings (SSSR count). The SMILES string of the molecule is Cc1cc(CCOCC(F)(F)c2ccc(Oc3ncccc3Br)cc2)cnc1Oc1ccc(C(F)(F)CO)cc1. The molecule has 0 spiro atoms. The fraction of sp³-hybridized carbons (Fsp3) is 0.241. The van der Waals surface area contributed by atoms with Crippen molar-refractivity contribution >= 4 is 15.9 Å². The van der Waals surface area contributed by atoms with Crippen molar-refractivity contribution in [3.63, 3.8) is 0 Å². The van der Waals surface area contributed by atoms with Crippen LogP contribution in [0, 0.1) is 6.92 Å². The Hall–Kier alpha value is -3.54.